The fraction of sp³-hybridized carbons (Fsp3) is 0.273. The Bertz CT molecular complexity index is 1080. The Hall–Kier alpha value is -3.59. The summed E-state index contributed by atoms with van der Waals surface area (Å²) in [6.45, 7) is 0.560. The summed E-state index contributed by atoms with van der Waals surface area (Å²) < 4.78 is 25.1. The first-order chi connectivity index (χ1) is 15.2. The fourth-order valence-electron chi connectivity index (χ4n) is 3.85. The molecule has 3 aromatic rings. The van der Waals surface area contributed by atoms with E-state index in [0.717, 1.165) is 5.56 Å². The summed E-state index contributed by atoms with van der Waals surface area (Å²) in [6.07, 6.45) is 3.74. The average molecular weight is 421 g/mol. The van der Waals surface area contributed by atoms with Crippen LogP contribution < -0.4 is 14.8 Å². The maximum absolute atomic E-state index is 14.2. The van der Waals surface area contributed by atoms with E-state index in [1.807, 2.05) is 30.3 Å². The molecular weight excluding hydrogens is 401 g/mol. The highest BCUT2D eigenvalue weighted by molar-refractivity contribution is 5.94. The van der Waals surface area contributed by atoms with Gasteiger partial charge in [-0.05, 0) is 0 Å². The van der Waals surface area contributed by atoms with Gasteiger partial charge in [-0.2, -0.15) is 0 Å². The molecular formula is C22H20FN5O3. The van der Waals surface area contributed by atoms with Crippen LogP contribution in [0, 0.1) is 0 Å². The molecule has 0 saturated carbocycles. The molecule has 2 aromatic heterocycles. The van der Waals surface area contributed by atoms with Gasteiger partial charge in [-0.3, -0.25) is 14.7 Å². The molecule has 0 radical (unpaired) electrons. The Morgan fingerprint density at radius 3 is 2.74 bits per heavy atom. The minimum absolute atomic E-state index is 0.112. The Labute approximate surface area is 178 Å². The third kappa shape index (κ3) is 4.04. The number of likely N-dealkylation sites (tertiary alicyclic amines) is 1. The minimum atomic E-state index is -1.10. The second kappa shape index (κ2) is 8.27. The smallest absolute Gasteiger partial charge is 0.241 e. The molecule has 158 valence electrons. The summed E-state index contributed by atoms with van der Waals surface area (Å²) in [5, 5.41) is 2.80. The molecule has 2 aliphatic rings. The molecule has 1 N–H and O–H groups in total. The van der Waals surface area contributed by atoms with E-state index in [0.29, 0.717) is 28.7 Å². The topological polar surface area (TPSA) is 89.5 Å². The number of ether oxygens (including phenoxy) is 2. The lowest BCUT2D eigenvalue weighted by Crippen LogP contribution is -2.39. The van der Waals surface area contributed by atoms with Crippen molar-refractivity contribution in [3.63, 3.8) is 0 Å². The van der Waals surface area contributed by atoms with Gasteiger partial charge in [0.1, 0.15) is 11.9 Å². The van der Waals surface area contributed by atoms with Crippen molar-refractivity contribution in [3.05, 3.63) is 60.7 Å². The predicted molar refractivity (Wildman–Crippen MR) is 110 cm³/mol. The van der Waals surface area contributed by atoms with Crippen molar-refractivity contribution in [3.8, 4) is 22.9 Å². The van der Waals surface area contributed by atoms with Gasteiger partial charge in [0, 0.05) is 37.3 Å². The van der Waals surface area contributed by atoms with E-state index in [9.17, 15) is 9.18 Å². The van der Waals surface area contributed by atoms with Gasteiger partial charge >= 0.3 is 0 Å². The van der Waals surface area contributed by atoms with E-state index < -0.39 is 12.2 Å². The number of fused-ring (bicyclic) bond motifs is 1. The molecule has 5 rings (SSSR count). The number of benzene rings is 1. The highest BCUT2D eigenvalue weighted by Crippen LogP contribution is 2.35. The molecule has 0 unspecified atom stereocenters. The Morgan fingerprint density at radius 1 is 1.13 bits per heavy atom. The third-order valence-corrected chi connectivity index (χ3v) is 5.32. The van der Waals surface area contributed by atoms with Gasteiger partial charge in [-0.25, -0.2) is 14.4 Å². The number of anilines is 1. The van der Waals surface area contributed by atoms with Crippen molar-refractivity contribution in [2.75, 3.05) is 18.7 Å². The molecule has 1 amide bonds. The zero-order valence-corrected chi connectivity index (χ0v) is 16.6. The van der Waals surface area contributed by atoms with E-state index in [2.05, 4.69) is 20.3 Å². The third-order valence-electron chi connectivity index (χ3n) is 5.32. The van der Waals surface area contributed by atoms with E-state index in [-0.39, 0.29) is 32.2 Å². The van der Waals surface area contributed by atoms with Crippen LogP contribution in [-0.4, -0.2) is 51.3 Å². The first kappa shape index (κ1) is 19.4. The number of rotatable bonds is 5. The van der Waals surface area contributed by atoms with Crippen LogP contribution >= 0.6 is 0 Å². The lowest BCUT2D eigenvalue weighted by Gasteiger charge is -2.23. The Balaban J connectivity index is 1.28. The van der Waals surface area contributed by atoms with Crippen molar-refractivity contribution < 1.29 is 18.7 Å². The fourth-order valence-corrected chi connectivity index (χ4v) is 3.85. The van der Waals surface area contributed by atoms with Gasteiger partial charge in [0.25, 0.3) is 0 Å². The predicted octanol–water partition coefficient (Wildman–Crippen LogP) is 2.82. The molecule has 1 fully saturated rings. The van der Waals surface area contributed by atoms with Gasteiger partial charge < -0.3 is 14.8 Å². The van der Waals surface area contributed by atoms with Gasteiger partial charge in [0.15, 0.2) is 17.3 Å². The second-order valence-corrected chi connectivity index (χ2v) is 7.42. The Kier molecular flexibility index (Phi) is 5.17. The molecule has 1 saturated heterocycles. The number of carbonyl (C=O) groups is 1. The Morgan fingerprint density at radius 2 is 1.94 bits per heavy atom. The molecule has 0 aliphatic carbocycles. The number of hydrogen-bond donors (Lipinski definition) is 1. The molecule has 1 aromatic carbocycles. The standard InChI is InChI=1S/C22H20FN5O3/c23-15-8-18(28(11-15)12-17-20-19(6-7-24-17)30-13-31-20)22(29)27-16-9-25-21(26-10-16)14-4-2-1-3-5-14/h1-7,9-10,15,18H,8,11-13H2,(H,27,29)/t15-,18+/m0/s1. The molecule has 0 bridgehead atoms. The van der Waals surface area contributed by atoms with Crippen molar-refractivity contribution in [1.29, 1.82) is 0 Å². The van der Waals surface area contributed by atoms with Crippen LogP contribution in [0.2, 0.25) is 0 Å². The van der Waals surface area contributed by atoms with E-state index in [1.165, 1.54) is 0 Å². The van der Waals surface area contributed by atoms with Crippen molar-refractivity contribution in [2.24, 2.45) is 0 Å². The van der Waals surface area contributed by atoms with Crippen molar-refractivity contribution >= 4 is 11.6 Å². The van der Waals surface area contributed by atoms with Crippen LogP contribution in [0.15, 0.2) is 55.0 Å². The van der Waals surface area contributed by atoms with Crippen molar-refractivity contribution in [1.82, 2.24) is 19.9 Å². The number of halogens is 1. The number of hydrogen-bond acceptors (Lipinski definition) is 7. The van der Waals surface area contributed by atoms with E-state index in [1.54, 1.807) is 29.6 Å². The molecule has 31 heavy (non-hydrogen) atoms. The van der Waals surface area contributed by atoms with Crippen LogP contribution in [0.5, 0.6) is 11.5 Å². The van der Waals surface area contributed by atoms with Crippen LogP contribution in [0.1, 0.15) is 12.1 Å². The van der Waals surface area contributed by atoms with Gasteiger partial charge in [0.2, 0.25) is 12.7 Å². The zero-order valence-electron chi connectivity index (χ0n) is 16.6. The van der Waals surface area contributed by atoms with Crippen LogP contribution in [0.3, 0.4) is 0 Å². The summed E-state index contributed by atoms with van der Waals surface area (Å²) >= 11 is 0. The quantitative estimate of drug-likeness (QED) is 0.678. The largest absolute Gasteiger partial charge is 0.453 e. The number of carbonyl (C=O) groups excluding carboxylic acids is 1. The molecule has 0 spiro atoms. The first-order valence-corrected chi connectivity index (χ1v) is 9.97. The van der Waals surface area contributed by atoms with Crippen LogP contribution in [0.25, 0.3) is 11.4 Å². The van der Waals surface area contributed by atoms with Crippen LogP contribution in [0.4, 0.5) is 10.1 Å². The first-order valence-electron chi connectivity index (χ1n) is 9.97. The number of amides is 1. The summed E-state index contributed by atoms with van der Waals surface area (Å²) in [5.41, 5.74) is 1.97. The van der Waals surface area contributed by atoms with E-state index in [4.69, 9.17) is 9.47 Å². The molecule has 4 heterocycles. The summed E-state index contributed by atoms with van der Waals surface area (Å²) in [7, 11) is 0. The molecule has 8 nitrogen and oxygen atoms in total. The molecule has 2 atom stereocenters. The van der Waals surface area contributed by atoms with E-state index >= 15 is 0 Å². The second-order valence-electron chi connectivity index (χ2n) is 7.42. The summed E-state index contributed by atoms with van der Waals surface area (Å²) in [6, 6.07) is 10.6. The highest BCUT2D eigenvalue weighted by Gasteiger charge is 2.38. The normalized spacial score (nSPS) is 20.0. The van der Waals surface area contributed by atoms with Gasteiger partial charge in [-0.15, -0.1) is 0 Å². The number of aromatic nitrogens is 3. The number of alkyl halides is 1. The zero-order chi connectivity index (χ0) is 21.2. The highest BCUT2D eigenvalue weighted by atomic mass is 19.1. The van der Waals surface area contributed by atoms with Gasteiger partial charge in [-0.1, -0.05) is 30.3 Å². The SMILES string of the molecule is O=C(Nc1cnc(-c2ccccc2)nc1)[C@H]1C[C@H](F)CN1Cc1nccc2c1OCO2. The maximum Gasteiger partial charge on any atom is 0.241 e. The average Bonchev–Trinajstić information content (AvgIpc) is 3.42. The monoisotopic (exact) mass is 421 g/mol. The lowest BCUT2D eigenvalue weighted by molar-refractivity contribution is -0.120. The van der Waals surface area contributed by atoms with Crippen molar-refractivity contribution in [2.45, 2.75) is 25.2 Å². The lowest BCUT2D eigenvalue weighted by atomic mass is 10.2. The number of nitrogens with zero attached hydrogens (tertiary/aromatic N) is 4. The number of pyridine rings is 1. The maximum atomic E-state index is 14.2. The van der Waals surface area contributed by atoms with Gasteiger partial charge in [0.05, 0.1) is 24.1 Å². The molecule has 2 aliphatic heterocycles. The summed E-state index contributed by atoms with van der Waals surface area (Å²) in [4.78, 5) is 27.6. The summed E-state index contributed by atoms with van der Waals surface area (Å²) in [5.74, 6) is 1.42. The van der Waals surface area contributed by atoms with Crippen LogP contribution in [-0.2, 0) is 11.3 Å². The molecule has 9 heteroatoms. The number of nitrogens with one attached hydrogen (secondary N) is 1. The minimum Gasteiger partial charge on any atom is -0.453 e.